The predicted molar refractivity (Wildman–Crippen MR) is 99.2 cm³/mol. The molecule has 7 heteroatoms. The van der Waals surface area contributed by atoms with Crippen LogP contribution in [0.25, 0.3) is 0 Å². The minimum atomic E-state index is -3.63. The van der Waals surface area contributed by atoms with Crippen LogP contribution in [0.1, 0.15) is 17.5 Å². The summed E-state index contributed by atoms with van der Waals surface area (Å²) in [6.07, 6.45) is 1.02. The number of hydrogen-bond acceptors (Lipinski definition) is 3. The number of amides is 1. The largest absolute Gasteiger partial charge is 0.355 e. The Hall–Kier alpha value is -1.89. The molecule has 0 heterocycles. The molecule has 0 radical (unpaired) electrons. The van der Waals surface area contributed by atoms with Crippen molar-refractivity contribution in [1.29, 1.82) is 0 Å². The smallest absolute Gasteiger partial charge is 0.240 e. The van der Waals surface area contributed by atoms with Crippen LogP contribution in [-0.4, -0.2) is 27.4 Å². The maximum absolute atomic E-state index is 12.1. The van der Waals surface area contributed by atoms with E-state index in [-0.39, 0.29) is 23.9 Å². The van der Waals surface area contributed by atoms with E-state index in [0.717, 1.165) is 5.56 Å². The minimum Gasteiger partial charge on any atom is -0.355 e. The normalized spacial score (nSPS) is 11.3. The summed E-state index contributed by atoms with van der Waals surface area (Å²) in [6, 6.07) is 14.1. The lowest BCUT2D eigenvalue weighted by Gasteiger charge is -2.08. The molecule has 1 amide bonds. The van der Waals surface area contributed by atoms with Crippen molar-refractivity contribution in [3.63, 3.8) is 0 Å². The summed E-state index contributed by atoms with van der Waals surface area (Å²) in [4.78, 5) is 11.9. The molecule has 0 saturated heterocycles. The zero-order valence-electron chi connectivity index (χ0n) is 14.0. The zero-order valence-corrected chi connectivity index (χ0v) is 15.5. The molecule has 2 N–H and O–H groups in total. The number of carbonyl (C=O) groups is 1. The van der Waals surface area contributed by atoms with Gasteiger partial charge in [-0.15, -0.1) is 0 Å². The number of halogens is 1. The van der Waals surface area contributed by atoms with Crippen LogP contribution in [0.15, 0.2) is 53.4 Å². The maximum atomic E-state index is 12.1. The molecule has 0 unspecified atom stereocenters. The van der Waals surface area contributed by atoms with Gasteiger partial charge in [-0.2, -0.15) is 0 Å². The van der Waals surface area contributed by atoms with Crippen molar-refractivity contribution in [3.05, 3.63) is 64.7 Å². The van der Waals surface area contributed by atoms with Crippen LogP contribution in [0.3, 0.4) is 0 Å². The SMILES string of the molecule is Cc1ccc(CCC(=O)NCCNS(=O)(=O)c2cccc(Cl)c2)cc1. The van der Waals surface area contributed by atoms with Crippen LogP contribution in [0.5, 0.6) is 0 Å². The molecule has 5 nitrogen and oxygen atoms in total. The van der Waals surface area contributed by atoms with Crippen molar-refractivity contribution < 1.29 is 13.2 Å². The highest BCUT2D eigenvalue weighted by atomic mass is 35.5. The Kier molecular flexibility index (Phi) is 6.99. The van der Waals surface area contributed by atoms with E-state index in [0.29, 0.717) is 17.9 Å². The summed E-state index contributed by atoms with van der Waals surface area (Å²) in [5, 5.41) is 3.06. The van der Waals surface area contributed by atoms with E-state index in [9.17, 15) is 13.2 Å². The Morgan fingerprint density at radius 3 is 2.48 bits per heavy atom. The van der Waals surface area contributed by atoms with Gasteiger partial charge >= 0.3 is 0 Å². The average Bonchev–Trinajstić information content (AvgIpc) is 2.58. The van der Waals surface area contributed by atoms with Gasteiger partial charge < -0.3 is 5.32 Å². The third kappa shape index (κ3) is 6.49. The fourth-order valence-corrected chi connectivity index (χ4v) is 3.54. The minimum absolute atomic E-state index is 0.102. The molecule has 2 aromatic rings. The average molecular weight is 381 g/mol. The Labute approximate surface area is 153 Å². The number of carbonyl (C=O) groups excluding carboxylic acids is 1. The summed E-state index contributed by atoms with van der Waals surface area (Å²) in [7, 11) is -3.63. The van der Waals surface area contributed by atoms with Crippen molar-refractivity contribution in [3.8, 4) is 0 Å². The third-order valence-corrected chi connectivity index (χ3v) is 5.30. The Morgan fingerprint density at radius 1 is 1.08 bits per heavy atom. The number of rotatable bonds is 8. The lowest BCUT2D eigenvalue weighted by atomic mass is 10.1. The Bertz CT molecular complexity index is 820. The van der Waals surface area contributed by atoms with E-state index in [1.165, 1.54) is 17.7 Å². The van der Waals surface area contributed by atoms with Gasteiger partial charge in [0, 0.05) is 24.5 Å². The van der Waals surface area contributed by atoms with E-state index in [4.69, 9.17) is 11.6 Å². The summed E-state index contributed by atoms with van der Waals surface area (Å²) in [5.41, 5.74) is 2.28. The van der Waals surface area contributed by atoms with Crippen LogP contribution in [0.4, 0.5) is 0 Å². The van der Waals surface area contributed by atoms with Crippen molar-refractivity contribution in [2.75, 3.05) is 13.1 Å². The lowest BCUT2D eigenvalue weighted by molar-refractivity contribution is -0.121. The second-order valence-electron chi connectivity index (χ2n) is 5.69. The van der Waals surface area contributed by atoms with E-state index in [1.807, 2.05) is 31.2 Å². The number of hydrogen-bond donors (Lipinski definition) is 2. The lowest BCUT2D eigenvalue weighted by Crippen LogP contribution is -2.34. The summed E-state index contributed by atoms with van der Waals surface area (Å²) in [6.45, 7) is 2.36. The van der Waals surface area contributed by atoms with Crippen LogP contribution < -0.4 is 10.0 Å². The van der Waals surface area contributed by atoms with Crippen molar-refractivity contribution in [2.45, 2.75) is 24.7 Å². The molecule has 0 fully saturated rings. The van der Waals surface area contributed by atoms with Crippen molar-refractivity contribution >= 4 is 27.5 Å². The van der Waals surface area contributed by atoms with Crippen LogP contribution in [0, 0.1) is 6.92 Å². The number of sulfonamides is 1. The fourth-order valence-electron chi connectivity index (χ4n) is 2.21. The molecule has 0 spiro atoms. The summed E-state index contributed by atoms with van der Waals surface area (Å²) < 4.78 is 26.6. The molecular weight excluding hydrogens is 360 g/mol. The fraction of sp³-hybridized carbons (Fsp3) is 0.278. The van der Waals surface area contributed by atoms with Crippen LogP contribution in [0.2, 0.25) is 5.02 Å². The second-order valence-corrected chi connectivity index (χ2v) is 7.89. The Morgan fingerprint density at radius 2 is 1.80 bits per heavy atom. The van der Waals surface area contributed by atoms with Gasteiger partial charge in [-0.05, 0) is 37.1 Å². The molecule has 134 valence electrons. The van der Waals surface area contributed by atoms with Gasteiger partial charge in [0.25, 0.3) is 0 Å². The molecule has 0 saturated carbocycles. The molecule has 0 aromatic heterocycles. The van der Waals surface area contributed by atoms with Gasteiger partial charge in [-0.3, -0.25) is 4.79 Å². The molecule has 0 aliphatic carbocycles. The highest BCUT2D eigenvalue weighted by Crippen LogP contribution is 2.14. The van der Waals surface area contributed by atoms with Gasteiger partial charge in [0.15, 0.2) is 0 Å². The predicted octanol–water partition coefficient (Wildman–Crippen LogP) is 2.68. The highest BCUT2D eigenvalue weighted by molar-refractivity contribution is 7.89. The zero-order chi connectivity index (χ0) is 18.3. The van der Waals surface area contributed by atoms with E-state index in [1.54, 1.807) is 12.1 Å². The number of benzene rings is 2. The first-order valence-electron chi connectivity index (χ1n) is 7.94. The highest BCUT2D eigenvalue weighted by Gasteiger charge is 2.13. The van der Waals surface area contributed by atoms with Gasteiger partial charge in [0.1, 0.15) is 0 Å². The second kappa shape index (κ2) is 8.99. The Balaban J connectivity index is 1.71. The molecule has 0 aliphatic heterocycles. The van der Waals surface area contributed by atoms with Gasteiger partial charge in [-0.25, -0.2) is 13.1 Å². The molecule has 0 aliphatic rings. The summed E-state index contributed by atoms with van der Waals surface area (Å²) >= 11 is 5.80. The maximum Gasteiger partial charge on any atom is 0.240 e. The molecule has 2 aromatic carbocycles. The molecule has 0 bridgehead atoms. The molecule has 25 heavy (non-hydrogen) atoms. The van der Waals surface area contributed by atoms with Crippen LogP contribution >= 0.6 is 11.6 Å². The van der Waals surface area contributed by atoms with Gasteiger partial charge in [-0.1, -0.05) is 47.5 Å². The van der Waals surface area contributed by atoms with Gasteiger partial charge in [0.05, 0.1) is 4.90 Å². The van der Waals surface area contributed by atoms with Crippen LogP contribution in [-0.2, 0) is 21.2 Å². The first-order chi connectivity index (χ1) is 11.9. The summed E-state index contributed by atoms with van der Waals surface area (Å²) in [5.74, 6) is -0.109. The number of nitrogens with one attached hydrogen (secondary N) is 2. The first kappa shape index (κ1) is 19.4. The van der Waals surface area contributed by atoms with E-state index < -0.39 is 10.0 Å². The molecule has 2 rings (SSSR count). The third-order valence-electron chi connectivity index (χ3n) is 3.61. The molecule has 0 atom stereocenters. The van der Waals surface area contributed by atoms with E-state index in [2.05, 4.69) is 10.0 Å². The topological polar surface area (TPSA) is 75.3 Å². The first-order valence-corrected chi connectivity index (χ1v) is 9.80. The monoisotopic (exact) mass is 380 g/mol. The number of aryl methyl sites for hydroxylation is 2. The van der Waals surface area contributed by atoms with Crippen molar-refractivity contribution in [1.82, 2.24) is 10.0 Å². The quantitative estimate of drug-likeness (QED) is 0.691. The van der Waals surface area contributed by atoms with Gasteiger partial charge in [0.2, 0.25) is 15.9 Å². The van der Waals surface area contributed by atoms with Crippen molar-refractivity contribution in [2.24, 2.45) is 0 Å². The standard InChI is InChI=1S/C18H21ClN2O3S/c1-14-5-7-15(8-6-14)9-10-18(22)20-11-12-21-25(23,24)17-4-2-3-16(19)13-17/h2-8,13,21H,9-12H2,1H3,(H,20,22). The molecular formula is C18H21ClN2O3S. The van der Waals surface area contributed by atoms with E-state index >= 15 is 0 Å².